The molecule has 0 fully saturated rings. The molecule has 0 aromatic heterocycles. The zero-order valence-corrected chi connectivity index (χ0v) is 46.6. The number of carbonyl (C=O) groups is 3. The van der Waals surface area contributed by atoms with E-state index in [0.717, 1.165) is 96.3 Å². The second-order valence-corrected chi connectivity index (χ2v) is 18.4. The van der Waals surface area contributed by atoms with Crippen LogP contribution in [0, 0.1) is 0 Å². The van der Waals surface area contributed by atoms with E-state index in [4.69, 9.17) is 14.2 Å². The zero-order valence-electron chi connectivity index (χ0n) is 46.6. The summed E-state index contributed by atoms with van der Waals surface area (Å²) in [4.78, 5) is 38.1. The summed E-state index contributed by atoms with van der Waals surface area (Å²) in [5.41, 5.74) is 0. The first-order chi connectivity index (χ1) is 36.0. The molecule has 408 valence electrons. The highest BCUT2D eigenvalue weighted by molar-refractivity contribution is 5.71. The van der Waals surface area contributed by atoms with Crippen molar-refractivity contribution in [3.8, 4) is 0 Å². The molecule has 0 aromatic rings. The molecule has 0 bridgehead atoms. The molecule has 0 aliphatic carbocycles. The highest BCUT2D eigenvalue weighted by Crippen LogP contribution is 2.13. The smallest absolute Gasteiger partial charge is 0.306 e. The van der Waals surface area contributed by atoms with Crippen molar-refractivity contribution in [2.24, 2.45) is 0 Å². The summed E-state index contributed by atoms with van der Waals surface area (Å²) in [6, 6.07) is 0. The molecule has 0 N–H and O–H groups in total. The Labute approximate surface area is 448 Å². The zero-order chi connectivity index (χ0) is 52.9. The molecule has 0 amide bonds. The lowest BCUT2D eigenvalue weighted by molar-refractivity contribution is -0.166. The van der Waals surface area contributed by atoms with Gasteiger partial charge in [0.1, 0.15) is 13.2 Å². The van der Waals surface area contributed by atoms with Crippen molar-refractivity contribution in [1.82, 2.24) is 0 Å². The number of unbranched alkanes of at least 4 members (excludes halogenated alkanes) is 13. The summed E-state index contributed by atoms with van der Waals surface area (Å²) in [5.74, 6) is -1.13. The molecule has 0 unspecified atom stereocenters. The first kappa shape index (κ1) is 68.0. The van der Waals surface area contributed by atoms with Gasteiger partial charge < -0.3 is 14.2 Å². The van der Waals surface area contributed by atoms with Crippen LogP contribution >= 0.6 is 0 Å². The Morgan fingerprint density at radius 2 is 0.562 bits per heavy atom. The van der Waals surface area contributed by atoms with Gasteiger partial charge in [0.25, 0.3) is 0 Å². The third-order valence-electron chi connectivity index (χ3n) is 11.5. The van der Waals surface area contributed by atoms with Crippen molar-refractivity contribution in [1.29, 1.82) is 0 Å². The van der Waals surface area contributed by atoms with Crippen molar-refractivity contribution < 1.29 is 28.6 Å². The Hall–Kier alpha value is -4.97. The van der Waals surface area contributed by atoms with Crippen LogP contribution in [0.15, 0.2) is 158 Å². The topological polar surface area (TPSA) is 78.9 Å². The first-order valence-electron chi connectivity index (χ1n) is 29.0. The molecule has 1 atom stereocenters. The molecule has 0 spiro atoms. The lowest BCUT2D eigenvalue weighted by Gasteiger charge is -2.18. The molecular formula is C67H104O6. The van der Waals surface area contributed by atoms with E-state index >= 15 is 0 Å². The predicted molar refractivity (Wildman–Crippen MR) is 315 cm³/mol. The average Bonchev–Trinajstić information content (AvgIpc) is 3.39. The van der Waals surface area contributed by atoms with Gasteiger partial charge in [-0.1, -0.05) is 243 Å². The molecule has 0 heterocycles. The van der Waals surface area contributed by atoms with Gasteiger partial charge in [-0.25, -0.2) is 0 Å². The van der Waals surface area contributed by atoms with Crippen molar-refractivity contribution in [3.05, 3.63) is 158 Å². The van der Waals surface area contributed by atoms with Crippen LogP contribution in [0.5, 0.6) is 0 Å². The van der Waals surface area contributed by atoms with Crippen LogP contribution in [0.1, 0.15) is 226 Å². The summed E-state index contributed by atoms with van der Waals surface area (Å²) in [6.07, 6.45) is 86.8. The Balaban J connectivity index is 4.65. The van der Waals surface area contributed by atoms with Crippen LogP contribution in [0.2, 0.25) is 0 Å². The van der Waals surface area contributed by atoms with Crippen molar-refractivity contribution in [3.63, 3.8) is 0 Å². The predicted octanol–water partition coefficient (Wildman–Crippen LogP) is 19.8. The highest BCUT2D eigenvalue weighted by Gasteiger charge is 2.19. The normalized spacial score (nSPS) is 13.3. The van der Waals surface area contributed by atoms with Gasteiger partial charge in [0.05, 0.1) is 0 Å². The van der Waals surface area contributed by atoms with Crippen LogP contribution in [-0.4, -0.2) is 37.2 Å². The van der Waals surface area contributed by atoms with E-state index < -0.39 is 12.1 Å². The quantitative estimate of drug-likeness (QED) is 0.0261. The SMILES string of the molecule is CC/C=C\C/C=C\C/C=C\C/C=C\C/C=C\C/C=C\CCC(=O)OC[C@H](COC(=O)CCCCCCCCC/C=C\CCCCCCCC)OC(=O)CC/C=C\C/C=C\C/C=C\C/C=C\C/C=C\C/C=C\CC. The average molecular weight is 1010 g/mol. The standard InChI is InChI=1S/C67H104O6/c1-4-7-10-13-16-19-22-25-28-31-33-36-39-42-45-48-51-54-57-60-66(69)72-63-64(62-71-65(68)59-56-53-50-47-44-41-38-35-30-27-24-21-18-15-12-9-6-3)73-67(70)61-58-55-52-49-46-43-40-37-34-32-29-26-23-20-17-14-11-8-5-2/h7-8,10-11,16-17,19-20,25-30,33-34,36-37,42-43,45-46,51-52,54-55,64H,4-6,9,12-15,18,21-24,31-32,35,38-41,44,47-50,53,56-63H2,1-3H3/b10-7-,11-8-,19-16-,20-17-,28-25-,29-26-,30-27-,36-33-,37-34-,45-42-,46-43-,54-51-,55-52-/t64-/m0/s1. The third kappa shape index (κ3) is 57.8. The number of hydrogen-bond donors (Lipinski definition) is 0. The minimum atomic E-state index is -0.859. The summed E-state index contributed by atoms with van der Waals surface area (Å²) >= 11 is 0. The summed E-state index contributed by atoms with van der Waals surface area (Å²) < 4.78 is 16.7. The van der Waals surface area contributed by atoms with Crippen LogP contribution in [0.3, 0.4) is 0 Å². The second-order valence-electron chi connectivity index (χ2n) is 18.4. The maximum atomic E-state index is 12.8. The van der Waals surface area contributed by atoms with Crippen molar-refractivity contribution >= 4 is 17.9 Å². The second kappa shape index (κ2) is 59.6. The Bertz CT molecular complexity index is 1670. The van der Waals surface area contributed by atoms with Gasteiger partial charge in [-0.15, -0.1) is 0 Å². The number of hydrogen-bond acceptors (Lipinski definition) is 6. The van der Waals surface area contributed by atoms with E-state index in [1.165, 1.54) is 77.0 Å². The molecule has 6 heteroatoms. The van der Waals surface area contributed by atoms with E-state index in [1.807, 2.05) is 24.3 Å². The number of allylic oxidation sites excluding steroid dienone is 26. The summed E-state index contributed by atoms with van der Waals surface area (Å²) in [6.45, 7) is 6.26. The maximum Gasteiger partial charge on any atom is 0.306 e. The van der Waals surface area contributed by atoms with Crippen LogP contribution < -0.4 is 0 Å². The molecule has 0 aliphatic heterocycles. The summed E-state index contributed by atoms with van der Waals surface area (Å²) in [7, 11) is 0. The monoisotopic (exact) mass is 1000 g/mol. The molecule has 0 saturated heterocycles. The van der Waals surface area contributed by atoms with Crippen molar-refractivity contribution in [2.75, 3.05) is 13.2 Å². The van der Waals surface area contributed by atoms with Gasteiger partial charge in [0.15, 0.2) is 6.10 Å². The molecule has 0 aromatic carbocycles. The Morgan fingerprint density at radius 1 is 0.288 bits per heavy atom. The van der Waals surface area contributed by atoms with Crippen LogP contribution in [0.25, 0.3) is 0 Å². The van der Waals surface area contributed by atoms with E-state index in [9.17, 15) is 14.4 Å². The van der Waals surface area contributed by atoms with Crippen LogP contribution in [-0.2, 0) is 28.6 Å². The first-order valence-corrected chi connectivity index (χ1v) is 29.0. The molecule has 0 aliphatic rings. The molecule has 0 saturated carbocycles. The fourth-order valence-corrected chi connectivity index (χ4v) is 7.25. The lowest BCUT2D eigenvalue weighted by Crippen LogP contribution is -2.30. The van der Waals surface area contributed by atoms with Gasteiger partial charge in [0, 0.05) is 19.3 Å². The third-order valence-corrected chi connectivity index (χ3v) is 11.5. The number of carbonyl (C=O) groups excluding carboxylic acids is 3. The van der Waals surface area contributed by atoms with E-state index in [1.54, 1.807) is 0 Å². The Kier molecular flexibility index (Phi) is 55.5. The molecule has 73 heavy (non-hydrogen) atoms. The largest absolute Gasteiger partial charge is 0.462 e. The van der Waals surface area contributed by atoms with E-state index in [2.05, 4.69) is 154 Å². The van der Waals surface area contributed by atoms with Crippen LogP contribution in [0.4, 0.5) is 0 Å². The lowest BCUT2D eigenvalue weighted by atomic mass is 10.1. The van der Waals surface area contributed by atoms with Gasteiger partial charge in [-0.3, -0.25) is 14.4 Å². The van der Waals surface area contributed by atoms with Gasteiger partial charge in [-0.2, -0.15) is 0 Å². The molecule has 0 radical (unpaired) electrons. The minimum Gasteiger partial charge on any atom is -0.462 e. The number of ether oxygens (including phenoxy) is 3. The van der Waals surface area contributed by atoms with Gasteiger partial charge in [-0.05, 0) is 122 Å². The molecule has 0 rings (SSSR count). The van der Waals surface area contributed by atoms with Gasteiger partial charge in [0.2, 0.25) is 0 Å². The van der Waals surface area contributed by atoms with Gasteiger partial charge >= 0.3 is 17.9 Å². The number of rotatable bonds is 50. The number of esters is 3. The summed E-state index contributed by atoms with van der Waals surface area (Å²) in [5, 5.41) is 0. The van der Waals surface area contributed by atoms with E-state index in [-0.39, 0.29) is 38.0 Å². The van der Waals surface area contributed by atoms with E-state index in [0.29, 0.717) is 19.3 Å². The minimum absolute atomic E-state index is 0.141. The fourth-order valence-electron chi connectivity index (χ4n) is 7.25. The molecule has 6 nitrogen and oxygen atoms in total. The molecular weight excluding hydrogens is 901 g/mol. The maximum absolute atomic E-state index is 12.8. The van der Waals surface area contributed by atoms with Crippen molar-refractivity contribution in [2.45, 2.75) is 232 Å². The Morgan fingerprint density at radius 3 is 0.918 bits per heavy atom. The highest BCUT2D eigenvalue weighted by atomic mass is 16.6. The fraction of sp³-hybridized carbons (Fsp3) is 0.567.